The average Bonchev–Trinajstić information content (AvgIpc) is 2.96. The summed E-state index contributed by atoms with van der Waals surface area (Å²) in [6.07, 6.45) is -0.179. The summed E-state index contributed by atoms with van der Waals surface area (Å²) in [6.45, 7) is 0.138. The second-order valence-corrected chi connectivity index (χ2v) is 9.55. The normalized spacial score (nSPS) is 24.3. The van der Waals surface area contributed by atoms with E-state index >= 15 is 0 Å². The molecule has 25 heavy (non-hydrogen) atoms. The van der Waals surface area contributed by atoms with Gasteiger partial charge in [0.1, 0.15) is 5.75 Å². The number of amides is 2. The average molecular weight is 384 g/mol. The van der Waals surface area contributed by atoms with Crippen LogP contribution in [0.25, 0.3) is 0 Å². The van der Waals surface area contributed by atoms with Crippen LogP contribution in [0.1, 0.15) is 6.42 Å². The van der Waals surface area contributed by atoms with E-state index in [1.807, 2.05) is 0 Å². The summed E-state index contributed by atoms with van der Waals surface area (Å²) in [5.74, 6) is 0.545. The highest BCUT2D eigenvalue weighted by Crippen LogP contribution is 2.34. The fraction of sp³-hybridized carbons (Fsp3) is 0.500. The highest BCUT2D eigenvalue weighted by molar-refractivity contribution is 8.02. The largest absolute Gasteiger partial charge is 0.477 e. The number of carbonyl (C=O) groups is 2. The van der Waals surface area contributed by atoms with E-state index in [4.69, 9.17) is 4.74 Å². The molecule has 0 bridgehead atoms. The van der Waals surface area contributed by atoms with E-state index in [1.165, 1.54) is 18.8 Å². The summed E-state index contributed by atoms with van der Waals surface area (Å²) in [5, 5.41) is 2.50. The molecule has 1 aromatic rings. The molecule has 3 rings (SSSR count). The Morgan fingerprint density at radius 1 is 1.36 bits per heavy atom. The van der Waals surface area contributed by atoms with Crippen molar-refractivity contribution >= 4 is 39.1 Å². The molecule has 0 unspecified atom stereocenters. The highest BCUT2D eigenvalue weighted by atomic mass is 32.2. The third kappa shape index (κ3) is 4.09. The molecule has 0 aromatic heterocycles. The highest BCUT2D eigenvalue weighted by Gasteiger charge is 2.34. The Morgan fingerprint density at radius 3 is 2.80 bits per heavy atom. The molecule has 2 aliphatic rings. The van der Waals surface area contributed by atoms with E-state index in [2.05, 4.69) is 5.32 Å². The molecule has 9 heteroatoms. The van der Waals surface area contributed by atoms with Gasteiger partial charge in [0.25, 0.3) is 5.91 Å². The number of para-hydroxylation sites is 2. The molecule has 2 atom stereocenters. The van der Waals surface area contributed by atoms with Crippen LogP contribution in [-0.2, 0) is 19.4 Å². The van der Waals surface area contributed by atoms with Gasteiger partial charge in [-0.15, -0.1) is 11.8 Å². The van der Waals surface area contributed by atoms with Crippen molar-refractivity contribution in [3.8, 4) is 5.75 Å². The zero-order valence-electron chi connectivity index (χ0n) is 13.8. The lowest BCUT2D eigenvalue weighted by atomic mass is 10.2. The van der Waals surface area contributed by atoms with Crippen LogP contribution < -0.4 is 15.0 Å². The van der Waals surface area contributed by atoms with Gasteiger partial charge in [-0.05, 0) is 18.6 Å². The Bertz CT molecular complexity index is 780. The molecule has 1 fully saturated rings. The monoisotopic (exact) mass is 384 g/mol. The van der Waals surface area contributed by atoms with Crippen LogP contribution >= 0.6 is 11.8 Å². The van der Waals surface area contributed by atoms with Gasteiger partial charge in [-0.2, -0.15) is 0 Å². The van der Waals surface area contributed by atoms with Crippen LogP contribution in [0.4, 0.5) is 5.69 Å². The molecular formula is C16H20N2O5S2. The summed E-state index contributed by atoms with van der Waals surface area (Å²) in [7, 11) is -1.44. The van der Waals surface area contributed by atoms with E-state index in [-0.39, 0.29) is 40.9 Å². The van der Waals surface area contributed by atoms with Gasteiger partial charge in [-0.1, -0.05) is 12.1 Å². The molecule has 0 radical (unpaired) electrons. The van der Waals surface area contributed by atoms with Crippen LogP contribution in [0.3, 0.4) is 0 Å². The number of hydrogen-bond donors (Lipinski definition) is 1. The predicted octanol–water partition coefficient (Wildman–Crippen LogP) is 0.447. The number of hydrogen-bond acceptors (Lipinski definition) is 6. The van der Waals surface area contributed by atoms with Crippen molar-refractivity contribution in [1.29, 1.82) is 0 Å². The van der Waals surface area contributed by atoms with Crippen LogP contribution in [-0.4, -0.2) is 62.4 Å². The summed E-state index contributed by atoms with van der Waals surface area (Å²) in [5.41, 5.74) is 0.632. The number of likely N-dealkylation sites (N-methyl/N-ethyl adjacent to an activating group) is 1. The first-order valence-corrected chi connectivity index (χ1v) is 10.9. The van der Waals surface area contributed by atoms with Crippen molar-refractivity contribution in [3.63, 3.8) is 0 Å². The minimum Gasteiger partial charge on any atom is -0.477 e. The van der Waals surface area contributed by atoms with Gasteiger partial charge in [-0.3, -0.25) is 9.59 Å². The lowest BCUT2D eigenvalue weighted by Crippen LogP contribution is -2.50. The Labute approximate surface area is 151 Å². The minimum atomic E-state index is -2.96. The van der Waals surface area contributed by atoms with Gasteiger partial charge in [0.15, 0.2) is 15.9 Å². The quantitative estimate of drug-likeness (QED) is 0.810. The first-order chi connectivity index (χ1) is 11.9. The molecule has 1 saturated heterocycles. The summed E-state index contributed by atoms with van der Waals surface area (Å²) >= 11 is 1.37. The summed E-state index contributed by atoms with van der Waals surface area (Å²) in [4.78, 5) is 26.2. The van der Waals surface area contributed by atoms with Crippen molar-refractivity contribution in [2.24, 2.45) is 0 Å². The summed E-state index contributed by atoms with van der Waals surface area (Å²) < 4.78 is 28.7. The second kappa shape index (κ2) is 7.25. The molecule has 2 amide bonds. The molecule has 1 aromatic carbocycles. The molecule has 0 aliphatic carbocycles. The third-order valence-electron chi connectivity index (χ3n) is 4.25. The SMILES string of the molecule is CNC(=O)[C@H]1CN(C(=O)CS[C@H]2CCS(=O)(=O)C2)c2ccccc2O1. The topological polar surface area (TPSA) is 92.8 Å². The minimum absolute atomic E-state index is 0.0417. The maximum absolute atomic E-state index is 12.7. The van der Waals surface area contributed by atoms with Crippen molar-refractivity contribution < 1.29 is 22.7 Å². The van der Waals surface area contributed by atoms with E-state index in [0.29, 0.717) is 17.9 Å². The first-order valence-electron chi connectivity index (χ1n) is 7.99. The number of benzene rings is 1. The number of nitrogens with one attached hydrogen (secondary N) is 1. The van der Waals surface area contributed by atoms with Crippen molar-refractivity contribution in [1.82, 2.24) is 5.32 Å². The van der Waals surface area contributed by atoms with Crippen molar-refractivity contribution in [2.45, 2.75) is 17.8 Å². The van der Waals surface area contributed by atoms with Gasteiger partial charge in [0, 0.05) is 12.3 Å². The van der Waals surface area contributed by atoms with E-state index in [1.54, 1.807) is 29.2 Å². The number of thioether (sulfide) groups is 1. The van der Waals surface area contributed by atoms with Crippen LogP contribution in [0.15, 0.2) is 24.3 Å². The smallest absolute Gasteiger partial charge is 0.262 e. The Morgan fingerprint density at radius 2 is 2.12 bits per heavy atom. The number of fused-ring (bicyclic) bond motifs is 1. The summed E-state index contributed by atoms with van der Waals surface area (Å²) in [6, 6.07) is 7.09. The molecule has 0 saturated carbocycles. The van der Waals surface area contributed by atoms with E-state index in [0.717, 1.165) is 0 Å². The fourth-order valence-electron chi connectivity index (χ4n) is 2.93. The number of anilines is 1. The molecule has 2 heterocycles. The lowest BCUT2D eigenvalue weighted by molar-refractivity contribution is -0.127. The second-order valence-electron chi connectivity index (χ2n) is 6.03. The third-order valence-corrected chi connectivity index (χ3v) is 7.51. The maximum Gasteiger partial charge on any atom is 0.262 e. The number of ether oxygens (including phenoxy) is 1. The van der Waals surface area contributed by atoms with Crippen LogP contribution in [0, 0.1) is 0 Å². The number of nitrogens with zero attached hydrogens (tertiary/aromatic N) is 1. The molecule has 0 spiro atoms. The van der Waals surface area contributed by atoms with Gasteiger partial charge in [0.2, 0.25) is 5.91 Å². The van der Waals surface area contributed by atoms with Crippen molar-refractivity contribution in [2.75, 3.05) is 35.8 Å². The Kier molecular flexibility index (Phi) is 5.24. The van der Waals surface area contributed by atoms with Crippen LogP contribution in [0.5, 0.6) is 5.75 Å². The molecule has 2 aliphatic heterocycles. The van der Waals surface area contributed by atoms with Gasteiger partial charge in [-0.25, -0.2) is 8.42 Å². The zero-order chi connectivity index (χ0) is 18.0. The zero-order valence-corrected chi connectivity index (χ0v) is 15.4. The predicted molar refractivity (Wildman–Crippen MR) is 96.8 cm³/mol. The standard InChI is InChI=1S/C16H20N2O5S2/c1-17-16(20)14-8-18(12-4-2-3-5-13(12)23-14)15(19)9-24-11-6-7-25(21,22)10-11/h2-5,11,14H,6-10H2,1H3,(H,17,20)/t11-,14+/m0/s1. The number of sulfone groups is 1. The van der Waals surface area contributed by atoms with Gasteiger partial charge in [0.05, 0.1) is 29.5 Å². The Balaban J connectivity index is 1.71. The number of rotatable bonds is 4. The number of carbonyl (C=O) groups excluding carboxylic acids is 2. The van der Waals surface area contributed by atoms with E-state index < -0.39 is 15.9 Å². The lowest BCUT2D eigenvalue weighted by Gasteiger charge is -2.34. The maximum atomic E-state index is 12.7. The molecular weight excluding hydrogens is 364 g/mol. The fourth-order valence-corrected chi connectivity index (χ4v) is 6.45. The molecule has 136 valence electrons. The van der Waals surface area contributed by atoms with Gasteiger partial charge >= 0.3 is 0 Å². The van der Waals surface area contributed by atoms with Crippen molar-refractivity contribution in [3.05, 3.63) is 24.3 Å². The van der Waals surface area contributed by atoms with Gasteiger partial charge < -0.3 is 15.0 Å². The molecule has 7 nitrogen and oxygen atoms in total. The van der Waals surface area contributed by atoms with E-state index in [9.17, 15) is 18.0 Å². The van der Waals surface area contributed by atoms with Crippen LogP contribution in [0.2, 0.25) is 0 Å². The molecule has 1 N–H and O–H groups in total. The Hall–Kier alpha value is -1.74. The first kappa shape index (κ1) is 18.1.